The summed E-state index contributed by atoms with van der Waals surface area (Å²) in [5.41, 5.74) is 9.14. The Hall–Kier alpha value is -2.98. The van der Waals surface area contributed by atoms with Crippen molar-refractivity contribution in [2.24, 2.45) is 11.7 Å². The molecule has 3 heterocycles. The van der Waals surface area contributed by atoms with Gasteiger partial charge in [0.25, 0.3) is 0 Å². The summed E-state index contributed by atoms with van der Waals surface area (Å²) in [7, 11) is 0. The zero-order chi connectivity index (χ0) is 19.6. The van der Waals surface area contributed by atoms with Crippen LogP contribution in [0.3, 0.4) is 0 Å². The molecule has 0 aliphatic heterocycles. The molecule has 0 radical (unpaired) electrons. The highest BCUT2D eigenvalue weighted by atomic mass is 16.5. The smallest absolute Gasteiger partial charge is 0.165 e. The second kappa shape index (κ2) is 7.33. The molecule has 0 fully saturated rings. The number of aromatic nitrogens is 4. The van der Waals surface area contributed by atoms with Crippen LogP contribution >= 0.6 is 0 Å². The first-order valence-electron chi connectivity index (χ1n) is 8.93. The predicted octanol–water partition coefficient (Wildman–Crippen LogP) is 3.11. The molecule has 140 valence electrons. The Morgan fingerprint density at radius 1 is 1.30 bits per heavy atom. The number of hydrogen-bond donors (Lipinski definition) is 1. The number of nitrogens with two attached hydrogens (primary N) is 1. The van der Waals surface area contributed by atoms with Crippen molar-refractivity contribution >= 4 is 5.65 Å². The minimum absolute atomic E-state index is 0.341. The van der Waals surface area contributed by atoms with Gasteiger partial charge in [0.15, 0.2) is 5.65 Å². The van der Waals surface area contributed by atoms with E-state index in [0.717, 1.165) is 23.4 Å². The van der Waals surface area contributed by atoms with Crippen LogP contribution in [0.15, 0.2) is 30.6 Å². The van der Waals surface area contributed by atoms with Gasteiger partial charge in [0.05, 0.1) is 23.1 Å². The van der Waals surface area contributed by atoms with Crippen molar-refractivity contribution in [1.29, 1.82) is 5.26 Å². The van der Waals surface area contributed by atoms with Gasteiger partial charge in [0, 0.05) is 11.7 Å². The first kappa shape index (κ1) is 18.8. The summed E-state index contributed by atoms with van der Waals surface area (Å²) in [6.45, 7) is 8.62. The van der Waals surface area contributed by atoms with Gasteiger partial charge >= 0.3 is 0 Å². The number of hydrogen-bond acceptors (Lipinski definition) is 6. The van der Waals surface area contributed by atoms with Crippen LogP contribution in [0.25, 0.3) is 16.9 Å². The number of ether oxygens (including phenoxy) is 1. The Bertz CT molecular complexity index is 999. The van der Waals surface area contributed by atoms with Gasteiger partial charge in [-0.15, -0.1) is 0 Å². The highest BCUT2D eigenvalue weighted by molar-refractivity contribution is 5.75. The molecule has 0 amide bonds. The zero-order valence-electron chi connectivity index (χ0n) is 16.1. The molecule has 27 heavy (non-hydrogen) atoms. The monoisotopic (exact) mass is 364 g/mol. The van der Waals surface area contributed by atoms with Crippen LogP contribution in [0.2, 0.25) is 0 Å². The van der Waals surface area contributed by atoms with Crippen LogP contribution in [-0.4, -0.2) is 31.7 Å². The molecular formula is C20H24N6O. The third-order valence-corrected chi connectivity index (χ3v) is 4.23. The van der Waals surface area contributed by atoms with Crippen LogP contribution < -0.4 is 10.5 Å². The zero-order valence-corrected chi connectivity index (χ0v) is 16.1. The molecule has 0 aliphatic rings. The Morgan fingerprint density at radius 2 is 2.07 bits per heavy atom. The van der Waals surface area contributed by atoms with E-state index in [2.05, 4.69) is 28.9 Å². The Morgan fingerprint density at radius 3 is 2.74 bits per heavy atom. The van der Waals surface area contributed by atoms with Crippen molar-refractivity contribution in [3.8, 4) is 23.1 Å². The number of pyridine rings is 1. The maximum absolute atomic E-state index is 9.07. The molecule has 0 aliphatic carbocycles. The van der Waals surface area contributed by atoms with Crippen LogP contribution in [0.5, 0.6) is 5.75 Å². The molecule has 3 rings (SSSR count). The molecule has 0 aromatic carbocycles. The first-order chi connectivity index (χ1) is 12.8. The summed E-state index contributed by atoms with van der Waals surface area (Å²) in [5, 5.41) is 13.3. The van der Waals surface area contributed by atoms with Gasteiger partial charge in [-0.1, -0.05) is 13.8 Å². The lowest BCUT2D eigenvalue weighted by molar-refractivity contribution is 0.205. The normalized spacial score (nSPS) is 13.5. The number of rotatable bonds is 6. The SMILES string of the molecule is Cc1nc(-c2cnn3ccc(C#N)nc23)ccc1OCC(C)(N)CC(C)C. The van der Waals surface area contributed by atoms with E-state index >= 15 is 0 Å². The lowest BCUT2D eigenvalue weighted by Gasteiger charge is -2.26. The molecule has 1 unspecified atom stereocenters. The standard InChI is InChI=1S/C20H24N6O/c1-13(2)9-20(4,22)12-27-18-6-5-17(24-14(18)3)16-11-23-26-8-7-15(10-21)25-19(16)26/h5-8,11,13H,9,12,22H2,1-4H3. The van der Waals surface area contributed by atoms with Gasteiger partial charge in [-0.25, -0.2) is 14.5 Å². The predicted molar refractivity (Wildman–Crippen MR) is 103 cm³/mol. The van der Waals surface area contributed by atoms with E-state index in [0.29, 0.717) is 29.6 Å². The molecule has 0 spiro atoms. The fourth-order valence-electron chi connectivity index (χ4n) is 3.20. The minimum atomic E-state index is -0.390. The number of nitriles is 1. The molecule has 3 aromatic heterocycles. The molecule has 0 saturated carbocycles. The van der Waals surface area contributed by atoms with E-state index < -0.39 is 0 Å². The average Bonchev–Trinajstić information content (AvgIpc) is 3.02. The summed E-state index contributed by atoms with van der Waals surface area (Å²) in [5.74, 6) is 1.22. The fourth-order valence-corrected chi connectivity index (χ4v) is 3.20. The Labute approximate surface area is 158 Å². The number of fused-ring (bicyclic) bond motifs is 1. The summed E-state index contributed by atoms with van der Waals surface area (Å²) in [6.07, 6.45) is 4.30. The average molecular weight is 364 g/mol. The highest BCUT2D eigenvalue weighted by Crippen LogP contribution is 2.26. The molecule has 7 heteroatoms. The van der Waals surface area contributed by atoms with E-state index in [1.54, 1.807) is 23.0 Å². The third-order valence-electron chi connectivity index (χ3n) is 4.23. The molecule has 2 N–H and O–H groups in total. The molecule has 1 atom stereocenters. The van der Waals surface area contributed by atoms with Crippen molar-refractivity contribution in [2.75, 3.05) is 6.61 Å². The van der Waals surface area contributed by atoms with Crippen LogP contribution in [0.4, 0.5) is 0 Å². The van der Waals surface area contributed by atoms with Gasteiger partial charge in [-0.3, -0.25) is 0 Å². The van der Waals surface area contributed by atoms with Gasteiger partial charge in [-0.05, 0) is 44.4 Å². The largest absolute Gasteiger partial charge is 0.490 e. The summed E-state index contributed by atoms with van der Waals surface area (Å²) in [4.78, 5) is 8.97. The molecule has 0 bridgehead atoms. The van der Waals surface area contributed by atoms with E-state index in [-0.39, 0.29) is 5.54 Å². The van der Waals surface area contributed by atoms with Crippen LogP contribution in [0, 0.1) is 24.2 Å². The lowest BCUT2D eigenvalue weighted by atomic mass is 9.93. The Kier molecular flexibility index (Phi) is 5.10. The summed E-state index contributed by atoms with van der Waals surface area (Å²) < 4.78 is 7.56. The van der Waals surface area contributed by atoms with Gasteiger partial charge in [-0.2, -0.15) is 10.4 Å². The summed E-state index contributed by atoms with van der Waals surface area (Å²) in [6, 6.07) is 7.43. The highest BCUT2D eigenvalue weighted by Gasteiger charge is 2.21. The quantitative estimate of drug-likeness (QED) is 0.721. The maximum atomic E-state index is 9.07. The van der Waals surface area contributed by atoms with Crippen molar-refractivity contribution in [3.63, 3.8) is 0 Å². The van der Waals surface area contributed by atoms with Crippen molar-refractivity contribution < 1.29 is 4.74 Å². The molecular weight excluding hydrogens is 340 g/mol. The second-order valence-corrected chi connectivity index (χ2v) is 7.57. The first-order valence-corrected chi connectivity index (χ1v) is 8.93. The maximum Gasteiger partial charge on any atom is 0.165 e. The summed E-state index contributed by atoms with van der Waals surface area (Å²) >= 11 is 0. The van der Waals surface area contributed by atoms with Gasteiger partial charge in [0.2, 0.25) is 0 Å². The van der Waals surface area contributed by atoms with Crippen molar-refractivity contribution in [2.45, 2.75) is 39.7 Å². The lowest BCUT2D eigenvalue weighted by Crippen LogP contribution is -2.43. The van der Waals surface area contributed by atoms with Gasteiger partial charge < -0.3 is 10.5 Å². The molecule has 7 nitrogen and oxygen atoms in total. The minimum Gasteiger partial charge on any atom is -0.490 e. The van der Waals surface area contributed by atoms with E-state index in [9.17, 15) is 0 Å². The number of aryl methyl sites for hydroxylation is 1. The molecule has 3 aromatic rings. The van der Waals surface area contributed by atoms with E-state index in [4.69, 9.17) is 15.7 Å². The Balaban J connectivity index is 1.84. The van der Waals surface area contributed by atoms with Crippen molar-refractivity contribution in [1.82, 2.24) is 19.6 Å². The third kappa shape index (κ3) is 4.23. The fraction of sp³-hybridized carbons (Fsp3) is 0.400. The van der Waals surface area contributed by atoms with Crippen LogP contribution in [-0.2, 0) is 0 Å². The molecule has 0 saturated heterocycles. The van der Waals surface area contributed by atoms with Crippen LogP contribution in [0.1, 0.15) is 38.6 Å². The van der Waals surface area contributed by atoms with E-state index in [1.807, 2.05) is 32.0 Å². The number of nitrogens with zero attached hydrogens (tertiary/aromatic N) is 5. The topological polar surface area (TPSA) is 102 Å². The second-order valence-electron chi connectivity index (χ2n) is 7.57. The van der Waals surface area contributed by atoms with Crippen molar-refractivity contribution in [3.05, 3.63) is 42.0 Å². The van der Waals surface area contributed by atoms with E-state index in [1.165, 1.54) is 0 Å². The van der Waals surface area contributed by atoms with Gasteiger partial charge in [0.1, 0.15) is 24.1 Å².